The first kappa shape index (κ1) is 23.3. The Hall–Kier alpha value is 0.330. The van der Waals surface area contributed by atoms with Crippen molar-refractivity contribution in [3.63, 3.8) is 0 Å². The smallest absolute Gasteiger partial charge is 0.390 e. The van der Waals surface area contributed by atoms with Gasteiger partial charge in [-0.1, -0.05) is 6.92 Å². The van der Waals surface area contributed by atoms with Gasteiger partial charge in [-0.05, 0) is 20.3 Å². The van der Waals surface area contributed by atoms with Crippen LogP contribution in [0.1, 0.15) is 27.2 Å². The molecule has 0 amide bonds. The largest absolute Gasteiger partial charge is 0.490 e. The van der Waals surface area contributed by atoms with Crippen LogP contribution in [-0.4, -0.2) is 49.6 Å². The number of methoxy groups -OCH3 is 1. The van der Waals surface area contributed by atoms with Gasteiger partial charge in [0.25, 0.3) is 0 Å². The fraction of sp³-hybridized carbons (Fsp3) is 1.00. The number of ether oxygens (including phenoxy) is 1. The highest BCUT2D eigenvalue weighted by Crippen LogP contribution is 2.66. The zero-order valence-electron chi connectivity index (χ0n) is 12.8. The molecule has 0 aromatic heterocycles. The first-order valence-electron chi connectivity index (χ1n) is 6.16. The molecule has 0 rings (SSSR count). The highest BCUT2D eigenvalue weighted by atomic mass is 31.3. The van der Waals surface area contributed by atoms with Gasteiger partial charge in [-0.3, -0.25) is 4.52 Å². The summed E-state index contributed by atoms with van der Waals surface area (Å²) in [7, 11) is -15.1. The minimum Gasteiger partial charge on any atom is -0.390 e. The van der Waals surface area contributed by atoms with Gasteiger partial charge >= 0.3 is 23.5 Å². The van der Waals surface area contributed by atoms with Gasteiger partial charge in [0, 0.05) is 7.11 Å². The molecule has 0 radical (unpaired) electrons. The van der Waals surface area contributed by atoms with Gasteiger partial charge in [-0.2, -0.15) is 8.62 Å². The van der Waals surface area contributed by atoms with Crippen LogP contribution < -0.4 is 0 Å². The van der Waals surface area contributed by atoms with Gasteiger partial charge in [-0.15, -0.1) is 0 Å². The first-order chi connectivity index (χ1) is 10.1. The molecule has 3 unspecified atom stereocenters. The van der Waals surface area contributed by atoms with E-state index in [1.54, 1.807) is 6.92 Å². The van der Waals surface area contributed by atoms with Crippen molar-refractivity contribution in [2.75, 3.05) is 7.11 Å². The Balaban J connectivity index is 5.22. The van der Waals surface area contributed by atoms with Crippen LogP contribution in [0.5, 0.6) is 0 Å². The first-order valence-corrected chi connectivity index (χ1v) is 10.7. The van der Waals surface area contributed by atoms with E-state index < -0.39 is 41.3 Å². The monoisotopic (exact) mass is 402 g/mol. The molecule has 0 aliphatic rings. The average Bonchev–Trinajstić information content (AvgIpc) is 2.24. The van der Waals surface area contributed by atoms with E-state index in [4.69, 9.17) is 19.4 Å². The number of aliphatic hydroxyl groups excluding tert-OH is 1. The van der Waals surface area contributed by atoms with E-state index in [2.05, 4.69) is 13.1 Å². The van der Waals surface area contributed by atoms with Crippen LogP contribution >= 0.6 is 23.5 Å². The van der Waals surface area contributed by atoms with E-state index in [1.807, 2.05) is 0 Å². The summed E-state index contributed by atoms with van der Waals surface area (Å²) in [6.07, 6.45) is -2.32. The standard InChI is InChI=1S/C8H21O12P3/c1-5-8(17-4,6(2)9)7(3)18-22(13,14)20-23(15,16)19-21(10,11)12/h6-7,9H,5H2,1-4H3,(H,13,14)(H,15,16)(H2,10,11,12)/t6-,7?,8-/m0/s1. The summed E-state index contributed by atoms with van der Waals surface area (Å²) in [6, 6.07) is 0. The van der Waals surface area contributed by atoms with Gasteiger partial charge in [0.15, 0.2) is 0 Å². The Labute approximate surface area is 132 Å². The summed E-state index contributed by atoms with van der Waals surface area (Å²) in [5, 5.41) is 9.77. The normalized spacial score (nSPS) is 23.3. The molecule has 0 spiro atoms. The lowest BCUT2D eigenvalue weighted by Crippen LogP contribution is -2.51. The van der Waals surface area contributed by atoms with Gasteiger partial charge < -0.3 is 29.4 Å². The van der Waals surface area contributed by atoms with E-state index in [0.29, 0.717) is 0 Å². The zero-order valence-corrected chi connectivity index (χ0v) is 15.5. The molecule has 0 fully saturated rings. The average molecular weight is 402 g/mol. The minimum atomic E-state index is -5.59. The van der Waals surface area contributed by atoms with Crippen molar-refractivity contribution in [1.82, 2.24) is 0 Å². The lowest BCUT2D eigenvalue weighted by atomic mass is 9.89. The van der Waals surface area contributed by atoms with E-state index >= 15 is 0 Å². The summed E-state index contributed by atoms with van der Waals surface area (Å²) < 4.78 is 50.4. The molecule has 12 nitrogen and oxygen atoms in total. The van der Waals surface area contributed by atoms with Crippen LogP contribution in [0.3, 0.4) is 0 Å². The number of hydrogen-bond acceptors (Lipinski definition) is 8. The topological polar surface area (TPSA) is 189 Å². The van der Waals surface area contributed by atoms with Crippen molar-refractivity contribution in [3.8, 4) is 0 Å². The maximum absolute atomic E-state index is 11.7. The number of phosphoric ester groups is 1. The molecule has 0 aromatic carbocycles. The van der Waals surface area contributed by atoms with Crippen LogP contribution in [0.15, 0.2) is 0 Å². The van der Waals surface area contributed by atoms with Gasteiger partial charge in [0.2, 0.25) is 0 Å². The van der Waals surface area contributed by atoms with E-state index in [1.165, 1.54) is 21.0 Å². The minimum absolute atomic E-state index is 0.137. The molecule has 23 heavy (non-hydrogen) atoms. The zero-order chi connectivity index (χ0) is 18.7. The van der Waals surface area contributed by atoms with Gasteiger partial charge in [-0.25, -0.2) is 13.7 Å². The number of hydrogen-bond donors (Lipinski definition) is 5. The molecule has 0 aliphatic carbocycles. The predicted octanol–water partition coefficient (Wildman–Crippen LogP) is 0.894. The second-order valence-electron chi connectivity index (χ2n) is 4.53. The maximum Gasteiger partial charge on any atom is 0.490 e. The second-order valence-corrected chi connectivity index (χ2v) is 8.90. The lowest BCUT2D eigenvalue weighted by Gasteiger charge is -2.39. The Morgan fingerprint density at radius 1 is 1.00 bits per heavy atom. The third kappa shape index (κ3) is 7.39. The molecule has 0 saturated heterocycles. The Bertz CT molecular complexity index is 522. The third-order valence-electron chi connectivity index (χ3n) is 3.04. The SMILES string of the molecule is CC[C@@](OC)(C(C)OP(=O)(O)OP(=O)(O)OP(=O)(O)O)[C@H](C)O. The molecular weight excluding hydrogens is 381 g/mol. The van der Waals surface area contributed by atoms with Crippen LogP contribution in [0.2, 0.25) is 0 Å². The lowest BCUT2D eigenvalue weighted by molar-refractivity contribution is -0.153. The highest BCUT2D eigenvalue weighted by molar-refractivity contribution is 7.66. The van der Waals surface area contributed by atoms with E-state index in [0.717, 1.165) is 0 Å². The predicted molar refractivity (Wildman–Crippen MR) is 76.1 cm³/mol. The summed E-state index contributed by atoms with van der Waals surface area (Å²) in [6.45, 7) is 4.16. The highest BCUT2D eigenvalue weighted by Gasteiger charge is 2.47. The Morgan fingerprint density at radius 2 is 1.48 bits per heavy atom. The molecule has 5 atom stereocenters. The number of rotatable bonds is 10. The molecule has 140 valence electrons. The van der Waals surface area contributed by atoms with Crippen LogP contribution in [0.25, 0.3) is 0 Å². The summed E-state index contributed by atoms with van der Waals surface area (Å²) in [4.78, 5) is 35.4. The molecule has 0 bridgehead atoms. The quantitative estimate of drug-likeness (QED) is 0.325. The van der Waals surface area contributed by atoms with Crippen molar-refractivity contribution in [1.29, 1.82) is 0 Å². The molecule has 15 heteroatoms. The maximum atomic E-state index is 11.7. The fourth-order valence-corrected chi connectivity index (χ4v) is 5.23. The summed E-state index contributed by atoms with van der Waals surface area (Å²) in [5.74, 6) is 0. The Kier molecular flexibility index (Phi) is 8.26. The summed E-state index contributed by atoms with van der Waals surface area (Å²) in [5.41, 5.74) is -1.44. The van der Waals surface area contributed by atoms with E-state index in [9.17, 15) is 23.7 Å². The molecule has 0 saturated carbocycles. The number of aliphatic hydroxyl groups is 1. The molecule has 0 aliphatic heterocycles. The molecule has 5 N–H and O–H groups in total. The van der Waals surface area contributed by atoms with Crippen LogP contribution in [0, 0.1) is 0 Å². The van der Waals surface area contributed by atoms with Gasteiger partial charge in [0.05, 0.1) is 12.2 Å². The van der Waals surface area contributed by atoms with Crippen molar-refractivity contribution in [2.45, 2.75) is 45.0 Å². The van der Waals surface area contributed by atoms with Crippen molar-refractivity contribution < 1.29 is 56.3 Å². The Morgan fingerprint density at radius 3 is 1.78 bits per heavy atom. The third-order valence-corrected chi connectivity index (χ3v) is 6.95. The fourth-order valence-electron chi connectivity index (χ4n) is 1.99. The van der Waals surface area contributed by atoms with Crippen molar-refractivity contribution >= 4 is 23.5 Å². The second kappa shape index (κ2) is 8.14. The van der Waals surface area contributed by atoms with Crippen LogP contribution in [-0.2, 0) is 31.6 Å². The summed E-state index contributed by atoms with van der Waals surface area (Å²) >= 11 is 0. The van der Waals surface area contributed by atoms with E-state index in [-0.39, 0.29) is 6.42 Å². The number of phosphoric acid groups is 3. The van der Waals surface area contributed by atoms with Crippen LogP contribution in [0.4, 0.5) is 0 Å². The molecule has 0 aromatic rings. The van der Waals surface area contributed by atoms with Crippen molar-refractivity contribution in [3.05, 3.63) is 0 Å². The molecule has 0 heterocycles. The molecular formula is C8H21O12P3. The van der Waals surface area contributed by atoms with Crippen molar-refractivity contribution in [2.24, 2.45) is 0 Å². The van der Waals surface area contributed by atoms with Gasteiger partial charge in [0.1, 0.15) is 5.60 Å².